The molecule has 220 valence electrons. The predicted octanol–water partition coefficient (Wildman–Crippen LogP) is 11.9. The number of hydrogen-bond acceptors (Lipinski definition) is 3. The van der Waals surface area contributed by atoms with Crippen LogP contribution in [-0.2, 0) is 0 Å². The van der Waals surface area contributed by atoms with E-state index in [0.717, 1.165) is 72.3 Å². The van der Waals surface area contributed by atoms with Crippen molar-refractivity contribution in [1.29, 1.82) is 0 Å². The largest absolute Gasteiger partial charge is 0.455 e. The summed E-state index contributed by atoms with van der Waals surface area (Å²) < 4.78 is 6.86. The highest BCUT2D eigenvalue weighted by atomic mass is 16.3. The number of para-hydroxylation sites is 1. The highest BCUT2D eigenvalue weighted by molar-refractivity contribution is 6.19. The normalized spacial score (nSPS) is 11.4. The van der Waals surface area contributed by atoms with Crippen molar-refractivity contribution in [3.05, 3.63) is 170 Å². The Bertz CT molecular complexity index is 2480. The van der Waals surface area contributed by atoms with Crippen molar-refractivity contribution < 1.29 is 4.42 Å². The second-order valence-electron chi connectivity index (χ2n) is 11.8. The van der Waals surface area contributed by atoms with Crippen LogP contribution in [0.25, 0.3) is 88.9 Å². The molecule has 0 amide bonds. The fraction of sp³-hybridized carbons (Fsp3) is 0. The smallest absolute Gasteiger partial charge is 0.160 e. The number of furan rings is 1. The molecular weight excluding hydrogens is 572 g/mol. The van der Waals surface area contributed by atoms with Gasteiger partial charge in [0.2, 0.25) is 0 Å². The van der Waals surface area contributed by atoms with Gasteiger partial charge in [0.25, 0.3) is 0 Å². The van der Waals surface area contributed by atoms with Crippen molar-refractivity contribution in [2.24, 2.45) is 0 Å². The molecule has 0 atom stereocenters. The van der Waals surface area contributed by atoms with E-state index in [-0.39, 0.29) is 0 Å². The maximum absolute atomic E-state index is 6.86. The molecule has 3 heteroatoms. The lowest BCUT2D eigenvalue weighted by Crippen LogP contribution is -1.95. The van der Waals surface area contributed by atoms with E-state index < -0.39 is 0 Å². The van der Waals surface area contributed by atoms with Crippen molar-refractivity contribution in [2.45, 2.75) is 0 Å². The molecule has 47 heavy (non-hydrogen) atoms. The summed E-state index contributed by atoms with van der Waals surface area (Å²) in [6.45, 7) is 0. The summed E-state index contributed by atoms with van der Waals surface area (Å²) in [7, 11) is 0. The number of fused-ring (bicyclic) bond motifs is 4. The van der Waals surface area contributed by atoms with E-state index in [2.05, 4.69) is 133 Å². The molecule has 0 radical (unpaired) electrons. The van der Waals surface area contributed by atoms with Crippen molar-refractivity contribution in [3.8, 4) is 56.2 Å². The van der Waals surface area contributed by atoms with Gasteiger partial charge in [-0.2, -0.15) is 0 Å². The van der Waals surface area contributed by atoms with Crippen LogP contribution < -0.4 is 0 Å². The minimum absolute atomic E-state index is 0.708. The molecule has 0 saturated carbocycles. The van der Waals surface area contributed by atoms with Crippen LogP contribution in [0, 0.1) is 0 Å². The van der Waals surface area contributed by atoms with Gasteiger partial charge in [-0.25, -0.2) is 9.97 Å². The van der Waals surface area contributed by atoms with Gasteiger partial charge in [0.05, 0.1) is 11.4 Å². The molecule has 3 nitrogen and oxygen atoms in total. The van der Waals surface area contributed by atoms with E-state index in [1.165, 1.54) is 10.8 Å². The van der Waals surface area contributed by atoms with Crippen LogP contribution in [0.15, 0.2) is 174 Å². The minimum atomic E-state index is 0.708. The molecule has 2 heterocycles. The molecular formula is C44H28N2O. The van der Waals surface area contributed by atoms with Gasteiger partial charge in [0, 0.05) is 38.6 Å². The molecule has 9 rings (SSSR count). The number of benzene rings is 7. The molecule has 0 bridgehead atoms. The topological polar surface area (TPSA) is 38.9 Å². The third-order valence-electron chi connectivity index (χ3n) is 8.89. The summed E-state index contributed by atoms with van der Waals surface area (Å²) in [5, 5.41) is 4.62. The average molecular weight is 601 g/mol. The Kier molecular flexibility index (Phi) is 6.46. The Morgan fingerprint density at radius 2 is 0.915 bits per heavy atom. The van der Waals surface area contributed by atoms with Gasteiger partial charge in [-0.3, -0.25) is 0 Å². The van der Waals surface area contributed by atoms with Gasteiger partial charge in [-0.05, 0) is 34.0 Å². The summed E-state index contributed by atoms with van der Waals surface area (Å²) in [5.41, 5.74) is 11.1. The monoisotopic (exact) mass is 600 g/mol. The van der Waals surface area contributed by atoms with E-state index in [1.54, 1.807) is 0 Å². The Labute approximate surface area is 272 Å². The van der Waals surface area contributed by atoms with E-state index >= 15 is 0 Å². The Morgan fingerprint density at radius 1 is 0.362 bits per heavy atom. The van der Waals surface area contributed by atoms with E-state index in [4.69, 9.17) is 14.4 Å². The number of rotatable bonds is 5. The highest BCUT2D eigenvalue weighted by Crippen LogP contribution is 2.43. The van der Waals surface area contributed by atoms with Gasteiger partial charge in [-0.1, -0.05) is 158 Å². The van der Waals surface area contributed by atoms with Gasteiger partial charge >= 0.3 is 0 Å². The SMILES string of the molecule is c1ccc(-c2cc(-c3ccc(-c4cccc5c4oc4c(-c6ccccc6)c6ccccc6cc45)cc3)nc(-c3ccccc3)n2)cc1. The standard InChI is InChI=1S/C44H28N2O/c1-4-13-30(14-5-1)39-28-40(46-44(45-39)33-17-8-3-9-18-33)31-25-23-29(24-26-31)36-21-12-22-37-38-27-34-19-10-11-20-35(34)41(43(38)47-42(36)37)32-15-6-2-7-16-32/h1-28H. The highest BCUT2D eigenvalue weighted by Gasteiger charge is 2.19. The van der Waals surface area contributed by atoms with Gasteiger partial charge in [0.1, 0.15) is 11.2 Å². The Morgan fingerprint density at radius 3 is 1.62 bits per heavy atom. The van der Waals surface area contributed by atoms with Gasteiger partial charge in [0.15, 0.2) is 5.82 Å². The summed E-state index contributed by atoms with van der Waals surface area (Å²) in [5.74, 6) is 0.708. The summed E-state index contributed by atoms with van der Waals surface area (Å²) in [6.07, 6.45) is 0. The van der Waals surface area contributed by atoms with Crippen LogP contribution in [0.2, 0.25) is 0 Å². The van der Waals surface area contributed by atoms with Crippen LogP contribution >= 0.6 is 0 Å². The molecule has 9 aromatic rings. The maximum Gasteiger partial charge on any atom is 0.160 e. The average Bonchev–Trinajstić information content (AvgIpc) is 3.53. The molecule has 0 unspecified atom stereocenters. The Hall–Kier alpha value is -6.32. The van der Waals surface area contributed by atoms with Crippen LogP contribution in [0.5, 0.6) is 0 Å². The van der Waals surface area contributed by atoms with E-state index in [0.29, 0.717) is 5.82 Å². The third-order valence-corrected chi connectivity index (χ3v) is 8.89. The molecule has 0 saturated heterocycles. The molecule has 0 N–H and O–H groups in total. The second-order valence-corrected chi connectivity index (χ2v) is 11.8. The Balaban J connectivity index is 1.18. The third kappa shape index (κ3) is 4.77. The molecule has 2 aromatic heterocycles. The van der Waals surface area contributed by atoms with Crippen LogP contribution in [-0.4, -0.2) is 9.97 Å². The zero-order valence-corrected chi connectivity index (χ0v) is 25.5. The van der Waals surface area contributed by atoms with Crippen molar-refractivity contribution >= 4 is 32.7 Å². The first-order valence-electron chi connectivity index (χ1n) is 15.8. The van der Waals surface area contributed by atoms with E-state index in [9.17, 15) is 0 Å². The quantitative estimate of drug-likeness (QED) is 0.197. The number of aromatic nitrogens is 2. The lowest BCUT2D eigenvalue weighted by Gasteiger charge is -2.10. The van der Waals surface area contributed by atoms with Crippen molar-refractivity contribution in [2.75, 3.05) is 0 Å². The maximum atomic E-state index is 6.86. The zero-order valence-electron chi connectivity index (χ0n) is 25.5. The van der Waals surface area contributed by atoms with Crippen LogP contribution in [0.3, 0.4) is 0 Å². The first-order valence-corrected chi connectivity index (χ1v) is 15.8. The number of hydrogen-bond donors (Lipinski definition) is 0. The molecule has 0 spiro atoms. The molecule has 7 aromatic carbocycles. The summed E-state index contributed by atoms with van der Waals surface area (Å²) in [4.78, 5) is 9.96. The zero-order chi connectivity index (χ0) is 31.2. The van der Waals surface area contributed by atoms with Gasteiger partial charge in [-0.15, -0.1) is 0 Å². The van der Waals surface area contributed by atoms with Gasteiger partial charge < -0.3 is 4.42 Å². The lowest BCUT2D eigenvalue weighted by molar-refractivity contribution is 0.671. The predicted molar refractivity (Wildman–Crippen MR) is 194 cm³/mol. The van der Waals surface area contributed by atoms with Crippen LogP contribution in [0.4, 0.5) is 0 Å². The molecule has 0 aliphatic carbocycles. The minimum Gasteiger partial charge on any atom is -0.455 e. The summed E-state index contributed by atoms with van der Waals surface area (Å²) in [6, 6.07) is 58.9. The van der Waals surface area contributed by atoms with Crippen LogP contribution in [0.1, 0.15) is 0 Å². The fourth-order valence-corrected chi connectivity index (χ4v) is 6.60. The lowest BCUT2D eigenvalue weighted by atomic mass is 9.94. The first kappa shape index (κ1) is 27.0. The van der Waals surface area contributed by atoms with Crippen molar-refractivity contribution in [1.82, 2.24) is 9.97 Å². The summed E-state index contributed by atoms with van der Waals surface area (Å²) >= 11 is 0. The first-order chi connectivity index (χ1) is 23.3. The molecule has 0 fully saturated rings. The number of nitrogens with zero attached hydrogens (tertiary/aromatic N) is 2. The fourth-order valence-electron chi connectivity index (χ4n) is 6.60. The molecule has 0 aliphatic heterocycles. The second kappa shape index (κ2) is 11.2. The van der Waals surface area contributed by atoms with Crippen molar-refractivity contribution in [3.63, 3.8) is 0 Å². The van der Waals surface area contributed by atoms with E-state index in [1.807, 2.05) is 36.4 Å². The molecule has 0 aliphatic rings.